The molecule has 6 nitrogen and oxygen atoms in total. The number of aryl methyl sites for hydroxylation is 1. The second-order valence-corrected chi connectivity index (χ2v) is 8.33. The molecular formula is C17H24N2O4S. The first-order valence-corrected chi connectivity index (χ1v) is 9.96. The van der Waals surface area contributed by atoms with E-state index in [-0.39, 0.29) is 18.1 Å². The zero-order valence-corrected chi connectivity index (χ0v) is 15.1. The molecule has 0 aliphatic heterocycles. The molecule has 2 rings (SSSR count). The van der Waals surface area contributed by atoms with Gasteiger partial charge in [0.15, 0.2) is 0 Å². The second kappa shape index (κ2) is 7.36. The maximum atomic E-state index is 12.4. The molecule has 1 unspecified atom stereocenters. The Hall–Kier alpha value is -1.86. The molecule has 1 amide bonds. The number of sulfone groups is 1. The third-order valence-corrected chi connectivity index (χ3v) is 4.97. The lowest BCUT2D eigenvalue weighted by Gasteiger charge is -2.21. The summed E-state index contributed by atoms with van der Waals surface area (Å²) in [6.07, 6.45) is 1.99. The molecule has 0 radical (unpaired) electrons. The first-order valence-electron chi connectivity index (χ1n) is 7.90. The molecule has 1 aromatic heterocycles. The van der Waals surface area contributed by atoms with Crippen molar-refractivity contribution in [3.05, 3.63) is 35.6 Å². The number of benzene rings is 1. The maximum absolute atomic E-state index is 12.4. The Morgan fingerprint density at radius 3 is 2.62 bits per heavy atom. The molecule has 24 heavy (non-hydrogen) atoms. The van der Waals surface area contributed by atoms with Crippen LogP contribution in [0.3, 0.4) is 0 Å². The van der Waals surface area contributed by atoms with Gasteiger partial charge in [-0.2, -0.15) is 0 Å². The third-order valence-electron chi connectivity index (χ3n) is 3.99. The highest BCUT2D eigenvalue weighted by atomic mass is 32.2. The van der Waals surface area contributed by atoms with Crippen molar-refractivity contribution in [2.45, 2.75) is 32.4 Å². The number of carbonyl (C=O) groups is 1. The van der Waals surface area contributed by atoms with Crippen LogP contribution in [0.25, 0.3) is 11.0 Å². The van der Waals surface area contributed by atoms with Crippen molar-refractivity contribution in [2.24, 2.45) is 5.73 Å². The summed E-state index contributed by atoms with van der Waals surface area (Å²) >= 11 is 0. The van der Waals surface area contributed by atoms with Crippen molar-refractivity contribution in [2.75, 3.05) is 19.1 Å². The summed E-state index contributed by atoms with van der Waals surface area (Å²) in [5, 5.41) is 0.985. The highest BCUT2D eigenvalue weighted by molar-refractivity contribution is 7.90. The molecule has 7 heteroatoms. The normalized spacial score (nSPS) is 13.2. The Bertz CT molecular complexity index is 826. The minimum Gasteiger partial charge on any atom is -0.461 e. The largest absolute Gasteiger partial charge is 0.461 e. The number of nitrogens with zero attached hydrogens (tertiary/aromatic N) is 1. The Morgan fingerprint density at radius 2 is 2.00 bits per heavy atom. The van der Waals surface area contributed by atoms with E-state index in [0.717, 1.165) is 35.0 Å². The molecule has 2 N–H and O–H groups in total. The maximum Gasteiger partial charge on any atom is 0.239 e. The summed E-state index contributed by atoms with van der Waals surface area (Å²) in [6, 6.07) is 6.88. The summed E-state index contributed by atoms with van der Waals surface area (Å²) in [5.41, 5.74) is 7.63. The molecule has 1 heterocycles. The molecule has 0 saturated carbocycles. The van der Waals surface area contributed by atoms with E-state index in [4.69, 9.17) is 10.2 Å². The van der Waals surface area contributed by atoms with Gasteiger partial charge in [0.25, 0.3) is 0 Å². The van der Waals surface area contributed by atoms with Crippen molar-refractivity contribution < 1.29 is 17.6 Å². The lowest BCUT2D eigenvalue weighted by Crippen LogP contribution is -2.42. The Labute approximate surface area is 142 Å². The predicted octanol–water partition coefficient (Wildman–Crippen LogP) is 1.72. The fraction of sp³-hybridized carbons (Fsp3) is 0.471. The van der Waals surface area contributed by atoms with Gasteiger partial charge in [0.2, 0.25) is 5.91 Å². The first-order chi connectivity index (χ1) is 11.2. The van der Waals surface area contributed by atoms with E-state index in [0.29, 0.717) is 6.54 Å². The summed E-state index contributed by atoms with van der Waals surface area (Å²) in [6.45, 7) is 2.38. The number of fused-ring (bicyclic) bond motifs is 1. The van der Waals surface area contributed by atoms with Gasteiger partial charge in [0.1, 0.15) is 21.2 Å². The minimum absolute atomic E-state index is 0.0946. The summed E-state index contributed by atoms with van der Waals surface area (Å²) < 4.78 is 28.3. The van der Waals surface area contributed by atoms with Gasteiger partial charge < -0.3 is 15.1 Å². The minimum atomic E-state index is -3.13. The van der Waals surface area contributed by atoms with Crippen molar-refractivity contribution >= 4 is 26.7 Å². The molecule has 1 atom stereocenters. The Balaban J connectivity index is 2.14. The zero-order valence-electron chi connectivity index (χ0n) is 14.3. The molecule has 1 aromatic carbocycles. The predicted molar refractivity (Wildman–Crippen MR) is 94.4 cm³/mol. The van der Waals surface area contributed by atoms with Gasteiger partial charge in [-0.15, -0.1) is 0 Å². The average Bonchev–Trinajstić information content (AvgIpc) is 2.89. The number of nitrogens with two attached hydrogens (primary N) is 1. The molecule has 0 bridgehead atoms. The molecule has 0 fully saturated rings. The lowest BCUT2D eigenvalue weighted by atomic mass is 10.1. The molecule has 0 aliphatic carbocycles. The summed E-state index contributed by atoms with van der Waals surface area (Å²) in [5.74, 6) is 0.481. The van der Waals surface area contributed by atoms with E-state index in [1.54, 1.807) is 7.05 Å². The van der Waals surface area contributed by atoms with Crippen LogP contribution < -0.4 is 5.73 Å². The van der Waals surface area contributed by atoms with Gasteiger partial charge in [-0.25, -0.2) is 8.42 Å². The standard InChI is InChI=1S/C17H24N2O4S/c1-4-15-13(12-7-5-6-8-16(12)23-15)11-19(2)17(20)14(18)9-10-24(3,21)22/h5-8,14H,4,9-11,18H2,1-3H3. The third kappa shape index (κ3) is 4.36. The van der Waals surface area contributed by atoms with Gasteiger partial charge in [0, 0.05) is 37.2 Å². The van der Waals surface area contributed by atoms with Crippen LogP contribution in [0, 0.1) is 0 Å². The van der Waals surface area contributed by atoms with Crippen LogP contribution in [0.2, 0.25) is 0 Å². The second-order valence-electron chi connectivity index (χ2n) is 6.07. The van der Waals surface area contributed by atoms with Crippen LogP contribution in [-0.4, -0.2) is 44.3 Å². The van der Waals surface area contributed by atoms with Crippen molar-refractivity contribution in [1.82, 2.24) is 4.90 Å². The first kappa shape index (κ1) is 18.5. The van der Waals surface area contributed by atoms with Crippen molar-refractivity contribution in [3.63, 3.8) is 0 Å². The van der Waals surface area contributed by atoms with Gasteiger partial charge in [-0.1, -0.05) is 25.1 Å². The van der Waals surface area contributed by atoms with E-state index in [1.807, 2.05) is 31.2 Å². The van der Waals surface area contributed by atoms with Crippen LogP contribution in [0.5, 0.6) is 0 Å². The average molecular weight is 352 g/mol. The Morgan fingerprint density at radius 1 is 1.33 bits per heavy atom. The van der Waals surface area contributed by atoms with Gasteiger partial charge >= 0.3 is 0 Å². The summed E-state index contributed by atoms with van der Waals surface area (Å²) in [4.78, 5) is 13.9. The van der Waals surface area contributed by atoms with Crippen LogP contribution in [-0.2, 0) is 27.6 Å². The number of likely N-dealkylation sites (N-methyl/N-ethyl adjacent to an activating group) is 1. The van der Waals surface area contributed by atoms with E-state index in [2.05, 4.69) is 0 Å². The van der Waals surface area contributed by atoms with E-state index in [9.17, 15) is 13.2 Å². The van der Waals surface area contributed by atoms with E-state index in [1.165, 1.54) is 4.90 Å². The van der Waals surface area contributed by atoms with Crippen LogP contribution in [0.1, 0.15) is 24.7 Å². The van der Waals surface area contributed by atoms with Crippen LogP contribution >= 0.6 is 0 Å². The number of hydrogen-bond donors (Lipinski definition) is 1. The monoisotopic (exact) mass is 352 g/mol. The van der Waals surface area contributed by atoms with Crippen molar-refractivity contribution in [1.29, 1.82) is 0 Å². The molecule has 132 valence electrons. The zero-order chi connectivity index (χ0) is 17.9. The van der Waals surface area contributed by atoms with Gasteiger partial charge in [-0.3, -0.25) is 4.79 Å². The summed E-state index contributed by atoms with van der Waals surface area (Å²) in [7, 11) is -1.46. The van der Waals surface area contributed by atoms with Crippen molar-refractivity contribution in [3.8, 4) is 0 Å². The number of hydrogen-bond acceptors (Lipinski definition) is 5. The van der Waals surface area contributed by atoms with Gasteiger partial charge in [-0.05, 0) is 12.5 Å². The smallest absolute Gasteiger partial charge is 0.239 e. The highest BCUT2D eigenvalue weighted by Crippen LogP contribution is 2.27. The topological polar surface area (TPSA) is 93.6 Å². The highest BCUT2D eigenvalue weighted by Gasteiger charge is 2.22. The van der Waals surface area contributed by atoms with Crippen LogP contribution in [0.15, 0.2) is 28.7 Å². The van der Waals surface area contributed by atoms with Gasteiger partial charge in [0.05, 0.1) is 11.8 Å². The number of furan rings is 1. The molecular weight excluding hydrogens is 328 g/mol. The molecule has 2 aromatic rings. The number of rotatable bonds is 7. The SMILES string of the molecule is CCc1oc2ccccc2c1CN(C)C(=O)C(N)CCS(C)(=O)=O. The molecule has 0 spiro atoms. The number of para-hydroxylation sites is 1. The fourth-order valence-electron chi connectivity index (χ4n) is 2.67. The number of carbonyl (C=O) groups excluding carboxylic acids is 1. The quantitative estimate of drug-likeness (QED) is 0.819. The lowest BCUT2D eigenvalue weighted by molar-refractivity contribution is -0.131. The number of amides is 1. The Kier molecular flexibility index (Phi) is 5.66. The fourth-order valence-corrected chi connectivity index (χ4v) is 3.35. The van der Waals surface area contributed by atoms with Crippen LogP contribution in [0.4, 0.5) is 0 Å². The molecule has 0 saturated heterocycles. The van der Waals surface area contributed by atoms with E-state index >= 15 is 0 Å². The van der Waals surface area contributed by atoms with E-state index < -0.39 is 15.9 Å². The molecule has 0 aliphatic rings.